The quantitative estimate of drug-likeness (QED) is 0.667. The number of benzene rings is 2. The van der Waals surface area contributed by atoms with Crippen molar-refractivity contribution < 1.29 is 27.8 Å². The number of hydrogen-bond donors (Lipinski definition) is 1. The number of aromatic carboxylic acids is 1. The van der Waals surface area contributed by atoms with E-state index in [2.05, 4.69) is 4.74 Å². The van der Waals surface area contributed by atoms with Crippen molar-refractivity contribution in [2.75, 3.05) is 0 Å². The van der Waals surface area contributed by atoms with E-state index in [0.717, 1.165) is 11.1 Å². The molecule has 0 saturated heterocycles. The zero-order valence-corrected chi connectivity index (χ0v) is 14.0. The van der Waals surface area contributed by atoms with E-state index in [4.69, 9.17) is 0 Å². The summed E-state index contributed by atoms with van der Waals surface area (Å²) in [6, 6.07) is 10.9. The SMILES string of the molecule is CC(C)n1cc(C(=O)O)c2ccc(-c3ccc(OC(F)(F)F)cc3)cc21. The summed E-state index contributed by atoms with van der Waals surface area (Å²) in [4.78, 5) is 11.4. The monoisotopic (exact) mass is 363 g/mol. The first-order valence-electron chi connectivity index (χ1n) is 7.90. The lowest BCUT2D eigenvalue weighted by molar-refractivity contribution is -0.274. The molecule has 0 aliphatic carbocycles. The lowest BCUT2D eigenvalue weighted by Gasteiger charge is -2.11. The molecule has 136 valence electrons. The third-order valence-electron chi connectivity index (χ3n) is 4.04. The number of carboxylic acids is 1. The summed E-state index contributed by atoms with van der Waals surface area (Å²) < 4.78 is 42.5. The highest BCUT2D eigenvalue weighted by molar-refractivity contribution is 6.04. The number of hydrogen-bond acceptors (Lipinski definition) is 2. The summed E-state index contributed by atoms with van der Waals surface area (Å²) >= 11 is 0. The van der Waals surface area contributed by atoms with Crippen LogP contribution in [0.1, 0.15) is 30.2 Å². The van der Waals surface area contributed by atoms with Gasteiger partial charge in [-0.1, -0.05) is 24.3 Å². The Labute approximate surface area is 147 Å². The molecule has 7 heteroatoms. The van der Waals surface area contributed by atoms with Crippen LogP contribution >= 0.6 is 0 Å². The number of nitrogens with zero attached hydrogens (tertiary/aromatic N) is 1. The summed E-state index contributed by atoms with van der Waals surface area (Å²) in [5.74, 6) is -1.29. The van der Waals surface area contributed by atoms with Crippen molar-refractivity contribution >= 4 is 16.9 Å². The topological polar surface area (TPSA) is 51.5 Å². The van der Waals surface area contributed by atoms with Gasteiger partial charge in [0.15, 0.2) is 0 Å². The molecule has 0 aliphatic rings. The van der Waals surface area contributed by atoms with E-state index in [1.807, 2.05) is 24.5 Å². The van der Waals surface area contributed by atoms with Crippen LogP contribution in [-0.2, 0) is 0 Å². The predicted molar refractivity (Wildman–Crippen MR) is 91.4 cm³/mol. The number of carboxylic acid groups (broad SMARTS) is 1. The van der Waals surface area contributed by atoms with Gasteiger partial charge in [0, 0.05) is 23.1 Å². The van der Waals surface area contributed by atoms with Crippen LogP contribution < -0.4 is 4.74 Å². The second-order valence-corrected chi connectivity index (χ2v) is 6.15. The first kappa shape index (κ1) is 17.8. The molecule has 0 unspecified atom stereocenters. The molecule has 0 saturated carbocycles. The number of halogens is 3. The highest BCUT2D eigenvalue weighted by Crippen LogP contribution is 2.31. The molecule has 0 atom stereocenters. The van der Waals surface area contributed by atoms with Crippen molar-refractivity contribution in [2.24, 2.45) is 0 Å². The maximum atomic E-state index is 12.3. The van der Waals surface area contributed by atoms with Crippen LogP contribution in [0.2, 0.25) is 0 Å². The van der Waals surface area contributed by atoms with Gasteiger partial charge in [-0.05, 0) is 43.2 Å². The van der Waals surface area contributed by atoms with Crippen LogP contribution in [0.25, 0.3) is 22.0 Å². The fourth-order valence-corrected chi connectivity index (χ4v) is 2.88. The average molecular weight is 363 g/mol. The van der Waals surface area contributed by atoms with Crippen LogP contribution in [0.5, 0.6) is 5.75 Å². The van der Waals surface area contributed by atoms with Crippen molar-refractivity contribution in [1.82, 2.24) is 4.57 Å². The Balaban J connectivity index is 2.03. The fourth-order valence-electron chi connectivity index (χ4n) is 2.88. The van der Waals surface area contributed by atoms with Crippen LogP contribution in [-0.4, -0.2) is 22.0 Å². The smallest absolute Gasteiger partial charge is 0.478 e. The zero-order chi connectivity index (χ0) is 19.1. The predicted octanol–water partition coefficient (Wildman–Crippen LogP) is 5.49. The molecule has 26 heavy (non-hydrogen) atoms. The maximum absolute atomic E-state index is 12.3. The lowest BCUT2D eigenvalue weighted by Crippen LogP contribution is -2.16. The van der Waals surface area contributed by atoms with Crippen molar-refractivity contribution in [1.29, 1.82) is 0 Å². The summed E-state index contributed by atoms with van der Waals surface area (Å²) in [5, 5.41) is 9.99. The Bertz CT molecular complexity index is 957. The van der Waals surface area contributed by atoms with Crippen LogP contribution in [0, 0.1) is 0 Å². The number of alkyl halides is 3. The second kappa shape index (κ2) is 6.40. The van der Waals surface area contributed by atoms with E-state index < -0.39 is 12.3 Å². The van der Waals surface area contributed by atoms with Crippen molar-refractivity contribution in [3.63, 3.8) is 0 Å². The van der Waals surface area contributed by atoms with E-state index in [0.29, 0.717) is 10.9 Å². The van der Waals surface area contributed by atoms with E-state index in [-0.39, 0.29) is 17.4 Å². The first-order valence-corrected chi connectivity index (χ1v) is 7.90. The molecule has 0 fully saturated rings. The molecule has 1 aromatic heterocycles. The van der Waals surface area contributed by atoms with E-state index in [1.54, 1.807) is 18.3 Å². The molecule has 4 nitrogen and oxygen atoms in total. The molecule has 1 N–H and O–H groups in total. The molecular weight excluding hydrogens is 347 g/mol. The van der Waals surface area contributed by atoms with Crippen molar-refractivity contribution in [3.8, 4) is 16.9 Å². The van der Waals surface area contributed by atoms with Gasteiger partial charge in [0.25, 0.3) is 0 Å². The van der Waals surface area contributed by atoms with Crippen LogP contribution in [0.15, 0.2) is 48.7 Å². The number of fused-ring (bicyclic) bond motifs is 1. The largest absolute Gasteiger partial charge is 0.573 e. The normalized spacial score (nSPS) is 11.9. The van der Waals surface area contributed by atoms with Gasteiger partial charge in [-0.2, -0.15) is 0 Å². The minimum absolute atomic E-state index is 0.0587. The average Bonchev–Trinajstić information content (AvgIpc) is 2.93. The number of carbonyl (C=O) groups is 1. The molecule has 1 heterocycles. The van der Waals surface area contributed by atoms with Gasteiger partial charge < -0.3 is 14.4 Å². The molecule has 2 aromatic carbocycles. The molecule has 3 rings (SSSR count). The summed E-state index contributed by atoms with van der Waals surface area (Å²) in [7, 11) is 0. The molecule has 0 aliphatic heterocycles. The number of ether oxygens (including phenoxy) is 1. The summed E-state index contributed by atoms with van der Waals surface area (Å²) in [5.41, 5.74) is 2.45. The van der Waals surface area contributed by atoms with Gasteiger partial charge in [-0.3, -0.25) is 0 Å². The Hall–Kier alpha value is -2.96. The highest BCUT2D eigenvalue weighted by atomic mass is 19.4. The van der Waals surface area contributed by atoms with Gasteiger partial charge >= 0.3 is 12.3 Å². The minimum atomic E-state index is -4.73. The number of rotatable bonds is 4. The summed E-state index contributed by atoms with van der Waals surface area (Å²) in [6.45, 7) is 3.89. The Kier molecular flexibility index (Phi) is 4.39. The molecule has 0 bridgehead atoms. The second-order valence-electron chi connectivity index (χ2n) is 6.15. The van der Waals surface area contributed by atoms with Gasteiger partial charge in [0.2, 0.25) is 0 Å². The van der Waals surface area contributed by atoms with Gasteiger partial charge in [-0.15, -0.1) is 13.2 Å². The Morgan fingerprint density at radius 3 is 2.23 bits per heavy atom. The maximum Gasteiger partial charge on any atom is 0.573 e. The third kappa shape index (κ3) is 3.51. The molecule has 3 aromatic rings. The fraction of sp³-hybridized carbons (Fsp3) is 0.211. The zero-order valence-electron chi connectivity index (χ0n) is 14.0. The van der Waals surface area contributed by atoms with Crippen LogP contribution in [0.4, 0.5) is 13.2 Å². The van der Waals surface area contributed by atoms with E-state index in [1.165, 1.54) is 24.3 Å². The molecule has 0 spiro atoms. The van der Waals surface area contributed by atoms with Crippen LogP contribution in [0.3, 0.4) is 0 Å². The molecular formula is C19H16F3NO3. The van der Waals surface area contributed by atoms with Gasteiger partial charge in [0.1, 0.15) is 5.75 Å². The number of aromatic nitrogens is 1. The Morgan fingerprint density at radius 2 is 1.69 bits per heavy atom. The summed E-state index contributed by atoms with van der Waals surface area (Å²) in [6.07, 6.45) is -3.13. The molecule has 0 amide bonds. The third-order valence-corrected chi connectivity index (χ3v) is 4.04. The first-order chi connectivity index (χ1) is 12.2. The van der Waals surface area contributed by atoms with E-state index >= 15 is 0 Å². The highest BCUT2D eigenvalue weighted by Gasteiger charge is 2.31. The van der Waals surface area contributed by atoms with Gasteiger partial charge in [-0.25, -0.2) is 4.79 Å². The van der Waals surface area contributed by atoms with Crippen molar-refractivity contribution in [2.45, 2.75) is 26.3 Å². The van der Waals surface area contributed by atoms with Gasteiger partial charge in [0.05, 0.1) is 5.56 Å². The Morgan fingerprint density at radius 1 is 1.08 bits per heavy atom. The lowest BCUT2D eigenvalue weighted by atomic mass is 10.0. The van der Waals surface area contributed by atoms with Crippen molar-refractivity contribution in [3.05, 3.63) is 54.2 Å². The minimum Gasteiger partial charge on any atom is -0.478 e. The van der Waals surface area contributed by atoms with E-state index in [9.17, 15) is 23.1 Å². The standard InChI is InChI=1S/C19H16F3NO3/c1-11(2)23-10-16(18(24)25)15-8-5-13(9-17(15)23)12-3-6-14(7-4-12)26-19(20,21)22/h3-11H,1-2H3,(H,24,25). The molecule has 0 radical (unpaired) electrons.